The van der Waals surface area contributed by atoms with Crippen LogP contribution in [-0.2, 0) is 0 Å². The molecule has 1 fully saturated rings. The largest absolute Gasteiger partial charge is 0.492 e. The number of para-hydroxylation sites is 1. The smallest absolute Gasteiger partial charge is 0.122 e. The summed E-state index contributed by atoms with van der Waals surface area (Å²) in [5.41, 5.74) is 7.36. The minimum absolute atomic E-state index is 0.208. The van der Waals surface area contributed by atoms with Gasteiger partial charge in [-0.15, -0.1) is 0 Å². The molecule has 1 aliphatic carbocycles. The van der Waals surface area contributed by atoms with Gasteiger partial charge >= 0.3 is 0 Å². The lowest BCUT2D eigenvalue weighted by molar-refractivity contribution is 0.272. The highest BCUT2D eigenvalue weighted by Gasteiger charge is 2.28. The number of hydrogen-bond acceptors (Lipinski definition) is 2. The molecule has 2 rings (SSSR count). The predicted octanol–water partition coefficient (Wildman–Crippen LogP) is 3.32. The summed E-state index contributed by atoms with van der Waals surface area (Å²) in [4.78, 5) is 0. The zero-order chi connectivity index (χ0) is 12.3. The third kappa shape index (κ3) is 3.22. The highest BCUT2D eigenvalue weighted by Crippen LogP contribution is 2.33. The highest BCUT2D eigenvalue weighted by atomic mass is 16.5. The molecule has 94 valence electrons. The predicted molar refractivity (Wildman–Crippen MR) is 71.3 cm³/mol. The van der Waals surface area contributed by atoms with E-state index in [0.29, 0.717) is 18.4 Å². The second-order valence-corrected chi connectivity index (χ2v) is 5.16. The van der Waals surface area contributed by atoms with E-state index in [1.54, 1.807) is 0 Å². The van der Waals surface area contributed by atoms with E-state index in [9.17, 15) is 0 Å². The van der Waals surface area contributed by atoms with Crippen LogP contribution in [0.1, 0.15) is 44.6 Å². The van der Waals surface area contributed by atoms with Gasteiger partial charge in [-0.3, -0.25) is 0 Å². The van der Waals surface area contributed by atoms with Gasteiger partial charge < -0.3 is 10.5 Å². The first-order valence-corrected chi connectivity index (χ1v) is 6.69. The summed E-state index contributed by atoms with van der Waals surface area (Å²) in [6.45, 7) is 5.10. The second kappa shape index (κ2) is 5.54. The number of benzene rings is 1. The Bertz CT molecular complexity index is 360. The molecule has 0 bridgehead atoms. The molecule has 1 aromatic rings. The Morgan fingerprint density at radius 3 is 2.71 bits per heavy atom. The van der Waals surface area contributed by atoms with Gasteiger partial charge in [-0.2, -0.15) is 0 Å². The van der Waals surface area contributed by atoms with Crippen LogP contribution in [0, 0.1) is 5.92 Å². The van der Waals surface area contributed by atoms with Gasteiger partial charge in [-0.25, -0.2) is 0 Å². The molecule has 0 heterocycles. The Kier molecular flexibility index (Phi) is 4.06. The summed E-state index contributed by atoms with van der Waals surface area (Å²) < 4.78 is 5.90. The first-order valence-electron chi connectivity index (χ1n) is 6.69. The van der Waals surface area contributed by atoms with Crippen molar-refractivity contribution in [2.24, 2.45) is 11.7 Å². The fourth-order valence-electron chi connectivity index (χ4n) is 2.09. The Morgan fingerprint density at radius 1 is 1.35 bits per heavy atom. The normalized spacial score (nSPS) is 18.8. The third-order valence-electron chi connectivity index (χ3n) is 3.72. The summed E-state index contributed by atoms with van der Waals surface area (Å²) in [5, 5.41) is 0. The zero-order valence-corrected chi connectivity index (χ0v) is 10.9. The SMILES string of the molecule is CCC(C)c1ccccc1OCC(N)C1CC1. The van der Waals surface area contributed by atoms with Crippen molar-refractivity contribution in [3.05, 3.63) is 29.8 Å². The Balaban J connectivity index is 1.98. The molecule has 17 heavy (non-hydrogen) atoms. The molecule has 0 aromatic heterocycles. The zero-order valence-electron chi connectivity index (χ0n) is 10.9. The van der Waals surface area contributed by atoms with Crippen LogP contribution in [-0.4, -0.2) is 12.6 Å². The molecule has 0 spiro atoms. The van der Waals surface area contributed by atoms with Crippen molar-refractivity contribution in [2.75, 3.05) is 6.61 Å². The fraction of sp³-hybridized carbons (Fsp3) is 0.600. The maximum Gasteiger partial charge on any atom is 0.122 e. The molecule has 2 unspecified atom stereocenters. The number of hydrogen-bond donors (Lipinski definition) is 1. The van der Waals surface area contributed by atoms with E-state index in [4.69, 9.17) is 10.5 Å². The van der Waals surface area contributed by atoms with E-state index in [-0.39, 0.29) is 6.04 Å². The summed E-state index contributed by atoms with van der Waals surface area (Å²) in [5.74, 6) is 2.26. The first kappa shape index (κ1) is 12.4. The van der Waals surface area contributed by atoms with Crippen molar-refractivity contribution < 1.29 is 4.74 Å². The molecule has 2 atom stereocenters. The number of nitrogens with two attached hydrogens (primary N) is 1. The second-order valence-electron chi connectivity index (χ2n) is 5.16. The van der Waals surface area contributed by atoms with Crippen molar-refractivity contribution in [3.63, 3.8) is 0 Å². The topological polar surface area (TPSA) is 35.2 Å². The minimum atomic E-state index is 0.208. The molecule has 2 heteroatoms. The van der Waals surface area contributed by atoms with Gasteiger partial charge in [-0.1, -0.05) is 32.0 Å². The van der Waals surface area contributed by atoms with Crippen LogP contribution in [0.3, 0.4) is 0 Å². The van der Waals surface area contributed by atoms with Crippen molar-refractivity contribution in [3.8, 4) is 5.75 Å². The van der Waals surface area contributed by atoms with Crippen LogP contribution >= 0.6 is 0 Å². The molecule has 1 saturated carbocycles. The summed E-state index contributed by atoms with van der Waals surface area (Å²) in [6, 6.07) is 8.53. The molecule has 2 N–H and O–H groups in total. The lowest BCUT2D eigenvalue weighted by Gasteiger charge is -2.17. The molecular formula is C15H23NO. The van der Waals surface area contributed by atoms with Crippen LogP contribution in [0.2, 0.25) is 0 Å². The molecular weight excluding hydrogens is 210 g/mol. The standard InChI is InChI=1S/C15H23NO/c1-3-11(2)13-6-4-5-7-15(13)17-10-14(16)12-8-9-12/h4-7,11-12,14H,3,8-10,16H2,1-2H3. The van der Waals surface area contributed by atoms with Gasteiger partial charge in [0.1, 0.15) is 12.4 Å². The Morgan fingerprint density at radius 2 is 2.06 bits per heavy atom. The maximum absolute atomic E-state index is 6.06. The lowest BCUT2D eigenvalue weighted by atomic mass is 9.98. The van der Waals surface area contributed by atoms with Crippen molar-refractivity contribution in [2.45, 2.75) is 45.1 Å². The fourth-order valence-corrected chi connectivity index (χ4v) is 2.09. The summed E-state index contributed by atoms with van der Waals surface area (Å²) in [6.07, 6.45) is 3.68. The average Bonchev–Trinajstić information content (AvgIpc) is 3.19. The third-order valence-corrected chi connectivity index (χ3v) is 3.72. The maximum atomic E-state index is 6.06. The Labute approximate surface area is 104 Å². The molecule has 1 aliphatic rings. The molecule has 1 aromatic carbocycles. The van der Waals surface area contributed by atoms with Crippen molar-refractivity contribution in [1.82, 2.24) is 0 Å². The Hall–Kier alpha value is -1.02. The lowest BCUT2D eigenvalue weighted by Crippen LogP contribution is -2.30. The summed E-state index contributed by atoms with van der Waals surface area (Å²) in [7, 11) is 0. The molecule has 0 aliphatic heterocycles. The highest BCUT2D eigenvalue weighted by molar-refractivity contribution is 5.35. The van der Waals surface area contributed by atoms with Crippen LogP contribution in [0.5, 0.6) is 5.75 Å². The molecule has 0 saturated heterocycles. The number of ether oxygens (including phenoxy) is 1. The van der Waals surface area contributed by atoms with E-state index in [0.717, 1.165) is 12.2 Å². The van der Waals surface area contributed by atoms with E-state index in [1.165, 1.54) is 18.4 Å². The quantitative estimate of drug-likeness (QED) is 0.818. The summed E-state index contributed by atoms with van der Waals surface area (Å²) >= 11 is 0. The molecule has 2 nitrogen and oxygen atoms in total. The van der Waals surface area contributed by atoms with Crippen molar-refractivity contribution in [1.29, 1.82) is 0 Å². The minimum Gasteiger partial charge on any atom is -0.492 e. The number of rotatable bonds is 6. The molecule has 0 amide bonds. The van der Waals surface area contributed by atoms with Gasteiger partial charge in [0, 0.05) is 6.04 Å². The van der Waals surface area contributed by atoms with Gasteiger partial charge in [0.05, 0.1) is 0 Å². The monoisotopic (exact) mass is 233 g/mol. The van der Waals surface area contributed by atoms with Crippen LogP contribution in [0.15, 0.2) is 24.3 Å². The molecule has 0 radical (unpaired) electrons. The first-order chi connectivity index (χ1) is 8.22. The van der Waals surface area contributed by atoms with Crippen LogP contribution < -0.4 is 10.5 Å². The van der Waals surface area contributed by atoms with E-state index in [1.807, 2.05) is 6.07 Å². The average molecular weight is 233 g/mol. The van der Waals surface area contributed by atoms with Gasteiger partial charge in [0.2, 0.25) is 0 Å². The van der Waals surface area contributed by atoms with E-state index >= 15 is 0 Å². The van der Waals surface area contributed by atoms with Crippen LogP contribution in [0.4, 0.5) is 0 Å². The van der Waals surface area contributed by atoms with Crippen LogP contribution in [0.25, 0.3) is 0 Å². The van der Waals surface area contributed by atoms with Crippen molar-refractivity contribution >= 4 is 0 Å². The van der Waals surface area contributed by atoms with E-state index < -0.39 is 0 Å². The van der Waals surface area contributed by atoms with Gasteiger partial charge in [0.15, 0.2) is 0 Å². The van der Waals surface area contributed by atoms with E-state index in [2.05, 4.69) is 32.0 Å². The van der Waals surface area contributed by atoms with Gasteiger partial charge in [0.25, 0.3) is 0 Å². The van der Waals surface area contributed by atoms with Gasteiger partial charge in [-0.05, 0) is 42.7 Å².